The Bertz CT molecular complexity index is 330. The molecule has 1 heterocycles. The van der Waals surface area contributed by atoms with Gasteiger partial charge in [-0.1, -0.05) is 18.5 Å². The average molecular weight is 215 g/mol. The van der Waals surface area contributed by atoms with Crippen LogP contribution in [0.3, 0.4) is 0 Å². The highest BCUT2D eigenvalue weighted by Gasteiger charge is 2.15. The van der Waals surface area contributed by atoms with Gasteiger partial charge in [0.05, 0.1) is 5.69 Å². The SMILES string of the molecule is CC[C@@H](Nc1cccnc1Cl)C(=O)O. The molecule has 0 amide bonds. The number of anilines is 1. The molecule has 1 atom stereocenters. The number of rotatable bonds is 4. The minimum atomic E-state index is -0.896. The van der Waals surface area contributed by atoms with Gasteiger partial charge in [0, 0.05) is 6.20 Å². The van der Waals surface area contributed by atoms with Crippen LogP contribution in [-0.2, 0) is 4.79 Å². The van der Waals surface area contributed by atoms with Crippen molar-refractivity contribution in [2.45, 2.75) is 19.4 Å². The molecule has 1 aromatic heterocycles. The van der Waals surface area contributed by atoms with Crippen LogP contribution in [-0.4, -0.2) is 22.1 Å². The Labute approximate surface area is 86.9 Å². The van der Waals surface area contributed by atoms with E-state index in [2.05, 4.69) is 10.3 Å². The number of hydrogen-bond donors (Lipinski definition) is 2. The van der Waals surface area contributed by atoms with Crippen LogP contribution in [0.15, 0.2) is 18.3 Å². The monoisotopic (exact) mass is 214 g/mol. The third kappa shape index (κ3) is 2.60. The van der Waals surface area contributed by atoms with E-state index in [1.165, 1.54) is 0 Å². The molecule has 5 heteroatoms. The van der Waals surface area contributed by atoms with E-state index in [-0.39, 0.29) is 5.15 Å². The van der Waals surface area contributed by atoms with Gasteiger partial charge >= 0.3 is 5.97 Å². The van der Waals surface area contributed by atoms with Gasteiger partial charge in [-0.25, -0.2) is 9.78 Å². The van der Waals surface area contributed by atoms with Gasteiger partial charge in [-0.3, -0.25) is 0 Å². The number of hydrogen-bond acceptors (Lipinski definition) is 3. The maximum atomic E-state index is 10.7. The van der Waals surface area contributed by atoms with Crippen molar-refractivity contribution in [3.05, 3.63) is 23.5 Å². The van der Waals surface area contributed by atoms with Crippen LogP contribution in [0.4, 0.5) is 5.69 Å². The molecular weight excluding hydrogens is 204 g/mol. The van der Waals surface area contributed by atoms with E-state index in [0.717, 1.165) is 0 Å². The predicted molar refractivity (Wildman–Crippen MR) is 54.6 cm³/mol. The normalized spacial score (nSPS) is 12.1. The second kappa shape index (κ2) is 4.81. The first-order valence-electron chi connectivity index (χ1n) is 4.25. The zero-order valence-corrected chi connectivity index (χ0v) is 8.45. The quantitative estimate of drug-likeness (QED) is 0.753. The van der Waals surface area contributed by atoms with Crippen molar-refractivity contribution >= 4 is 23.3 Å². The Morgan fingerprint density at radius 1 is 1.79 bits per heavy atom. The van der Waals surface area contributed by atoms with Crippen molar-refractivity contribution in [1.82, 2.24) is 4.98 Å². The van der Waals surface area contributed by atoms with E-state index in [9.17, 15) is 4.79 Å². The molecular formula is C9H11ClN2O2. The molecule has 0 aliphatic heterocycles. The highest BCUT2D eigenvalue weighted by atomic mass is 35.5. The van der Waals surface area contributed by atoms with E-state index in [0.29, 0.717) is 12.1 Å². The Kier molecular flexibility index (Phi) is 3.71. The minimum Gasteiger partial charge on any atom is -0.480 e. The molecule has 0 unspecified atom stereocenters. The molecule has 4 nitrogen and oxygen atoms in total. The number of halogens is 1. The fourth-order valence-electron chi connectivity index (χ4n) is 1.02. The molecule has 0 radical (unpaired) electrons. The van der Waals surface area contributed by atoms with Crippen molar-refractivity contribution in [2.24, 2.45) is 0 Å². The van der Waals surface area contributed by atoms with Gasteiger partial charge in [0.25, 0.3) is 0 Å². The van der Waals surface area contributed by atoms with Crippen LogP contribution < -0.4 is 5.32 Å². The Balaban J connectivity index is 2.77. The lowest BCUT2D eigenvalue weighted by Crippen LogP contribution is -2.28. The van der Waals surface area contributed by atoms with E-state index in [1.807, 2.05) is 0 Å². The topological polar surface area (TPSA) is 62.2 Å². The molecule has 76 valence electrons. The maximum Gasteiger partial charge on any atom is 0.326 e. The van der Waals surface area contributed by atoms with Gasteiger partial charge in [-0.2, -0.15) is 0 Å². The van der Waals surface area contributed by atoms with Crippen molar-refractivity contribution in [3.63, 3.8) is 0 Å². The number of pyridine rings is 1. The fourth-order valence-corrected chi connectivity index (χ4v) is 1.19. The first kappa shape index (κ1) is 10.8. The van der Waals surface area contributed by atoms with Crippen LogP contribution in [0.25, 0.3) is 0 Å². The van der Waals surface area contributed by atoms with Crippen molar-refractivity contribution in [1.29, 1.82) is 0 Å². The summed E-state index contributed by atoms with van der Waals surface area (Å²) in [5, 5.41) is 11.9. The third-order valence-corrected chi connectivity index (χ3v) is 2.10. The summed E-state index contributed by atoms with van der Waals surface area (Å²) in [5.41, 5.74) is 0.545. The lowest BCUT2D eigenvalue weighted by atomic mass is 10.2. The minimum absolute atomic E-state index is 0.284. The number of carboxylic acid groups (broad SMARTS) is 1. The molecule has 1 rings (SSSR count). The maximum absolute atomic E-state index is 10.7. The molecule has 0 saturated heterocycles. The third-order valence-electron chi connectivity index (χ3n) is 1.80. The van der Waals surface area contributed by atoms with Crippen molar-refractivity contribution in [2.75, 3.05) is 5.32 Å². The summed E-state index contributed by atoms with van der Waals surface area (Å²) in [4.78, 5) is 14.6. The van der Waals surface area contributed by atoms with E-state index in [4.69, 9.17) is 16.7 Å². The van der Waals surface area contributed by atoms with Crippen LogP contribution in [0.5, 0.6) is 0 Å². The summed E-state index contributed by atoms with van der Waals surface area (Å²) in [7, 11) is 0. The number of carbonyl (C=O) groups is 1. The highest BCUT2D eigenvalue weighted by Crippen LogP contribution is 2.18. The number of nitrogens with one attached hydrogen (secondary N) is 1. The standard InChI is InChI=1S/C9H11ClN2O2/c1-2-6(9(13)14)12-7-4-3-5-11-8(7)10/h3-6,12H,2H2,1H3,(H,13,14)/t6-/m1/s1. The number of nitrogens with zero attached hydrogens (tertiary/aromatic N) is 1. The van der Waals surface area contributed by atoms with Gasteiger partial charge in [-0.05, 0) is 18.6 Å². The highest BCUT2D eigenvalue weighted by molar-refractivity contribution is 6.32. The summed E-state index contributed by atoms with van der Waals surface area (Å²) in [6.45, 7) is 1.79. The van der Waals surface area contributed by atoms with E-state index < -0.39 is 12.0 Å². The van der Waals surface area contributed by atoms with Gasteiger partial charge in [0.1, 0.15) is 6.04 Å². The number of carboxylic acids is 1. The molecule has 1 aromatic rings. The predicted octanol–water partition coefficient (Wildman–Crippen LogP) is 2.01. The summed E-state index contributed by atoms with van der Waals surface area (Å²) < 4.78 is 0. The van der Waals surface area contributed by atoms with Crippen LogP contribution in [0.2, 0.25) is 5.15 Å². The van der Waals surface area contributed by atoms with Gasteiger partial charge in [0.2, 0.25) is 0 Å². The molecule has 0 aliphatic carbocycles. The molecule has 0 aromatic carbocycles. The molecule has 2 N–H and O–H groups in total. The lowest BCUT2D eigenvalue weighted by molar-refractivity contribution is -0.137. The van der Waals surface area contributed by atoms with Crippen LogP contribution in [0.1, 0.15) is 13.3 Å². The van der Waals surface area contributed by atoms with Crippen LogP contribution >= 0.6 is 11.6 Å². The first-order chi connectivity index (χ1) is 6.65. The van der Waals surface area contributed by atoms with Gasteiger partial charge < -0.3 is 10.4 Å². The summed E-state index contributed by atoms with van der Waals surface area (Å²) in [6, 6.07) is 2.76. The Morgan fingerprint density at radius 3 is 3.00 bits per heavy atom. The fraction of sp³-hybridized carbons (Fsp3) is 0.333. The van der Waals surface area contributed by atoms with Gasteiger partial charge in [-0.15, -0.1) is 0 Å². The number of aromatic nitrogens is 1. The molecule has 0 aliphatic rings. The molecule has 0 fully saturated rings. The Morgan fingerprint density at radius 2 is 2.50 bits per heavy atom. The molecule has 14 heavy (non-hydrogen) atoms. The summed E-state index contributed by atoms with van der Waals surface area (Å²) in [6.07, 6.45) is 2.04. The molecule has 0 saturated carbocycles. The second-order valence-corrected chi connectivity index (χ2v) is 3.14. The van der Waals surface area contributed by atoms with E-state index in [1.54, 1.807) is 25.3 Å². The smallest absolute Gasteiger partial charge is 0.326 e. The average Bonchev–Trinajstić information content (AvgIpc) is 2.16. The zero-order chi connectivity index (χ0) is 10.6. The van der Waals surface area contributed by atoms with Crippen molar-refractivity contribution < 1.29 is 9.90 Å². The Hall–Kier alpha value is -1.29. The lowest BCUT2D eigenvalue weighted by Gasteiger charge is -2.13. The number of aliphatic carboxylic acids is 1. The summed E-state index contributed by atoms with van der Waals surface area (Å²) in [5.74, 6) is -0.896. The van der Waals surface area contributed by atoms with Crippen LogP contribution in [0, 0.1) is 0 Å². The van der Waals surface area contributed by atoms with Crippen molar-refractivity contribution in [3.8, 4) is 0 Å². The van der Waals surface area contributed by atoms with E-state index >= 15 is 0 Å². The largest absolute Gasteiger partial charge is 0.480 e. The molecule has 0 spiro atoms. The second-order valence-electron chi connectivity index (χ2n) is 2.79. The molecule has 0 bridgehead atoms. The first-order valence-corrected chi connectivity index (χ1v) is 4.62. The summed E-state index contributed by atoms with van der Waals surface area (Å²) >= 11 is 5.76. The zero-order valence-electron chi connectivity index (χ0n) is 7.70. The van der Waals surface area contributed by atoms with Gasteiger partial charge in [0.15, 0.2) is 5.15 Å².